The van der Waals surface area contributed by atoms with E-state index in [2.05, 4.69) is 4.98 Å². The van der Waals surface area contributed by atoms with Gasteiger partial charge < -0.3 is 10.5 Å². The molecule has 1 aromatic carbocycles. The first-order valence-electron chi connectivity index (χ1n) is 4.69. The molecule has 0 spiro atoms. The van der Waals surface area contributed by atoms with Crippen LogP contribution in [-0.4, -0.2) is 11.6 Å². The number of hydrogen-bond acceptors (Lipinski definition) is 3. The predicted octanol–water partition coefficient (Wildman–Crippen LogP) is 2.87. The van der Waals surface area contributed by atoms with Gasteiger partial charge in [-0.2, -0.15) is 0 Å². The quantitative estimate of drug-likeness (QED) is 0.850. The van der Waals surface area contributed by atoms with E-state index >= 15 is 0 Å². The van der Waals surface area contributed by atoms with Gasteiger partial charge in [0.25, 0.3) is 0 Å². The average molecular weight is 223 g/mol. The van der Waals surface area contributed by atoms with Crippen LogP contribution in [0.25, 0.3) is 10.9 Å². The normalized spacial score (nSPS) is 10.5. The first-order chi connectivity index (χ1) is 7.22. The fraction of sp³-hybridized carbons (Fsp3) is 0.182. The van der Waals surface area contributed by atoms with Gasteiger partial charge in [-0.1, -0.05) is 11.6 Å². The van der Waals surface area contributed by atoms with Gasteiger partial charge in [-0.3, -0.25) is 4.98 Å². The Bertz CT molecular complexity index is 499. The molecule has 0 saturated heterocycles. The minimum Gasteiger partial charge on any atom is -0.494 e. The SMILES string of the molecule is CCOc1ccc2ncc(N)c(Cl)c2c1. The number of ether oxygens (including phenoxy) is 1. The van der Waals surface area contributed by atoms with Crippen molar-refractivity contribution in [3.05, 3.63) is 29.4 Å². The number of fused-ring (bicyclic) bond motifs is 1. The summed E-state index contributed by atoms with van der Waals surface area (Å²) in [6, 6.07) is 5.58. The fourth-order valence-corrected chi connectivity index (χ4v) is 1.61. The molecule has 2 rings (SSSR count). The van der Waals surface area contributed by atoms with Gasteiger partial charge in [-0.05, 0) is 25.1 Å². The number of halogens is 1. The highest BCUT2D eigenvalue weighted by molar-refractivity contribution is 6.37. The number of anilines is 1. The summed E-state index contributed by atoms with van der Waals surface area (Å²) in [5.74, 6) is 0.777. The molecule has 1 heterocycles. The third-order valence-corrected chi connectivity index (χ3v) is 2.53. The lowest BCUT2D eigenvalue weighted by atomic mass is 10.2. The second-order valence-corrected chi connectivity index (χ2v) is 3.52. The van der Waals surface area contributed by atoms with Crippen LogP contribution < -0.4 is 10.5 Å². The third kappa shape index (κ3) is 1.83. The van der Waals surface area contributed by atoms with E-state index in [1.807, 2.05) is 25.1 Å². The molecule has 0 aliphatic carbocycles. The lowest BCUT2D eigenvalue weighted by Crippen LogP contribution is -1.93. The Morgan fingerprint density at radius 1 is 1.47 bits per heavy atom. The molecular formula is C11H11ClN2O. The summed E-state index contributed by atoms with van der Waals surface area (Å²) in [7, 11) is 0. The number of rotatable bonds is 2. The molecule has 0 aliphatic rings. The van der Waals surface area contributed by atoms with Crippen LogP contribution >= 0.6 is 11.6 Å². The average Bonchev–Trinajstić information content (AvgIpc) is 2.25. The van der Waals surface area contributed by atoms with Crippen LogP contribution in [0.3, 0.4) is 0 Å². The summed E-state index contributed by atoms with van der Waals surface area (Å²) in [4.78, 5) is 4.18. The van der Waals surface area contributed by atoms with Crippen molar-refractivity contribution in [1.82, 2.24) is 4.98 Å². The standard InChI is InChI=1S/C11H11ClN2O/c1-2-15-7-3-4-10-8(5-7)11(12)9(13)6-14-10/h3-6H,2,13H2,1H3. The summed E-state index contributed by atoms with van der Waals surface area (Å²) in [6.07, 6.45) is 1.56. The lowest BCUT2D eigenvalue weighted by molar-refractivity contribution is 0.340. The molecule has 2 N–H and O–H groups in total. The van der Waals surface area contributed by atoms with Crippen molar-refractivity contribution >= 4 is 28.2 Å². The molecule has 0 aliphatic heterocycles. The van der Waals surface area contributed by atoms with Gasteiger partial charge in [0.2, 0.25) is 0 Å². The van der Waals surface area contributed by atoms with Crippen LogP contribution in [0.2, 0.25) is 5.02 Å². The third-order valence-electron chi connectivity index (χ3n) is 2.11. The Morgan fingerprint density at radius 3 is 3.00 bits per heavy atom. The van der Waals surface area contributed by atoms with Gasteiger partial charge in [0.05, 0.1) is 29.0 Å². The molecule has 2 aromatic rings. The molecule has 0 fully saturated rings. The molecule has 0 saturated carbocycles. The van der Waals surface area contributed by atoms with Crippen molar-refractivity contribution in [1.29, 1.82) is 0 Å². The van der Waals surface area contributed by atoms with Crippen molar-refractivity contribution in [3.63, 3.8) is 0 Å². The zero-order chi connectivity index (χ0) is 10.8. The van der Waals surface area contributed by atoms with Crippen LogP contribution in [0.5, 0.6) is 5.75 Å². The zero-order valence-electron chi connectivity index (χ0n) is 8.33. The Hall–Kier alpha value is -1.48. The zero-order valence-corrected chi connectivity index (χ0v) is 9.08. The van der Waals surface area contributed by atoms with Crippen LogP contribution in [-0.2, 0) is 0 Å². The highest BCUT2D eigenvalue weighted by atomic mass is 35.5. The minimum atomic E-state index is 0.484. The number of nitrogens with two attached hydrogens (primary N) is 1. The smallest absolute Gasteiger partial charge is 0.120 e. The van der Waals surface area contributed by atoms with Gasteiger partial charge in [0, 0.05) is 5.39 Å². The molecular weight excluding hydrogens is 212 g/mol. The van der Waals surface area contributed by atoms with Gasteiger partial charge in [0.1, 0.15) is 5.75 Å². The largest absolute Gasteiger partial charge is 0.494 e. The maximum atomic E-state index is 6.08. The summed E-state index contributed by atoms with van der Waals surface area (Å²) in [5.41, 5.74) is 6.98. The van der Waals surface area contributed by atoms with Crippen molar-refractivity contribution in [3.8, 4) is 5.75 Å². The Balaban J connectivity index is 2.63. The first-order valence-corrected chi connectivity index (χ1v) is 5.06. The van der Waals surface area contributed by atoms with Gasteiger partial charge in [-0.15, -0.1) is 0 Å². The van der Waals surface area contributed by atoms with Crippen LogP contribution in [0.1, 0.15) is 6.92 Å². The molecule has 0 radical (unpaired) electrons. The first kappa shape index (κ1) is 10.1. The van der Waals surface area contributed by atoms with Crippen molar-refractivity contribution in [2.45, 2.75) is 6.92 Å². The van der Waals surface area contributed by atoms with E-state index in [1.54, 1.807) is 6.20 Å². The molecule has 4 heteroatoms. The monoisotopic (exact) mass is 222 g/mol. The number of nitrogens with zero attached hydrogens (tertiary/aromatic N) is 1. The molecule has 1 aromatic heterocycles. The second kappa shape index (κ2) is 3.95. The number of pyridine rings is 1. The van der Waals surface area contributed by atoms with E-state index in [1.165, 1.54) is 0 Å². The topological polar surface area (TPSA) is 48.1 Å². The van der Waals surface area contributed by atoms with Crippen molar-refractivity contribution in [2.24, 2.45) is 0 Å². The Kier molecular flexibility index (Phi) is 2.64. The summed E-state index contributed by atoms with van der Waals surface area (Å²) in [6.45, 7) is 2.56. The molecule has 78 valence electrons. The number of benzene rings is 1. The summed E-state index contributed by atoms with van der Waals surface area (Å²) >= 11 is 6.08. The van der Waals surface area contributed by atoms with Gasteiger partial charge >= 0.3 is 0 Å². The molecule has 15 heavy (non-hydrogen) atoms. The Morgan fingerprint density at radius 2 is 2.27 bits per heavy atom. The maximum absolute atomic E-state index is 6.08. The number of hydrogen-bond donors (Lipinski definition) is 1. The predicted molar refractivity (Wildman–Crippen MR) is 62.3 cm³/mol. The van der Waals surface area contributed by atoms with Crippen LogP contribution in [0.15, 0.2) is 24.4 Å². The molecule has 0 atom stereocenters. The minimum absolute atomic E-state index is 0.484. The van der Waals surface area contributed by atoms with Crippen LogP contribution in [0.4, 0.5) is 5.69 Å². The van der Waals surface area contributed by atoms with Crippen molar-refractivity contribution < 1.29 is 4.74 Å². The summed E-state index contributed by atoms with van der Waals surface area (Å²) < 4.78 is 5.38. The van der Waals surface area contributed by atoms with E-state index in [9.17, 15) is 0 Å². The van der Waals surface area contributed by atoms with E-state index < -0.39 is 0 Å². The van der Waals surface area contributed by atoms with E-state index in [0.29, 0.717) is 17.3 Å². The molecule has 3 nitrogen and oxygen atoms in total. The molecule has 0 bridgehead atoms. The number of aromatic nitrogens is 1. The maximum Gasteiger partial charge on any atom is 0.120 e. The Labute approximate surface area is 92.8 Å². The van der Waals surface area contributed by atoms with E-state index in [4.69, 9.17) is 22.1 Å². The molecule has 0 unspecified atom stereocenters. The number of nitrogen functional groups attached to an aromatic ring is 1. The van der Waals surface area contributed by atoms with Gasteiger partial charge in [-0.25, -0.2) is 0 Å². The van der Waals surface area contributed by atoms with Crippen LogP contribution in [0, 0.1) is 0 Å². The van der Waals surface area contributed by atoms with E-state index in [-0.39, 0.29) is 0 Å². The molecule has 0 amide bonds. The van der Waals surface area contributed by atoms with Gasteiger partial charge in [0.15, 0.2) is 0 Å². The van der Waals surface area contributed by atoms with Crippen molar-refractivity contribution in [2.75, 3.05) is 12.3 Å². The fourth-order valence-electron chi connectivity index (χ4n) is 1.41. The summed E-state index contributed by atoms with van der Waals surface area (Å²) in [5, 5.41) is 1.35. The lowest BCUT2D eigenvalue weighted by Gasteiger charge is -2.06. The second-order valence-electron chi connectivity index (χ2n) is 3.14. The highest BCUT2D eigenvalue weighted by Crippen LogP contribution is 2.29. The van der Waals surface area contributed by atoms with E-state index in [0.717, 1.165) is 16.7 Å². The highest BCUT2D eigenvalue weighted by Gasteiger charge is 2.05.